The van der Waals surface area contributed by atoms with E-state index in [9.17, 15) is 13.6 Å². The Balaban J connectivity index is 2.33. The summed E-state index contributed by atoms with van der Waals surface area (Å²) in [5.74, 6) is -2.41. The standard InChI is InChI=1S/C15H13F2N3O/c1-3-15(21)20(10-11-8-18-19(4-2)9-11)12-5-6-13(16)14(17)7-12/h3-9H,1-2,10H2. The molecule has 1 amide bonds. The molecule has 1 aromatic heterocycles. The first kappa shape index (κ1) is 14.6. The summed E-state index contributed by atoms with van der Waals surface area (Å²) in [6.07, 6.45) is 5.85. The second-order valence-electron chi connectivity index (χ2n) is 4.24. The Morgan fingerprint density at radius 3 is 2.67 bits per heavy atom. The number of amides is 1. The first-order valence-corrected chi connectivity index (χ1v) is 6.09. The predicted octanol–water partition coefficient (Wildman–Crippen LogP) is 2.98. The van der Waals surface area contributed by atoms with Gasteiger partial charge in [-0.1, -0.05) is 13.2 Å². The Labute approximate surface area is 120 Å². The molecule has 0 unspecified atom stereocenters. The highest BCUT2D eigenvalue weighted by atomic mass is 19.2. The highest BCUT2D eigenvalue weighted by molar-refractivity contribution is 6.00. The van der Waals surface area contributed by atoms with Crippen molar-refractivity contribution in [2.75, 3.05) is 4.90 Å². The van der Waals surface area contributed by atoms with Crippen molar-refractivity contribution in [1.29, 1.82) is 0 Å². The van der Waals surface area contributed by atoms with Crippen molar-refractivity contribution >= 4 is 17.8 Å². The van der Waals surface area contributed by atoms with Crippen LogP contribution >= 0.6 is 0 Å². The van der Waals surface area contributed by atoms with Crippen LogP contribution in [0.4, 0.5) is 14.5 Å². The number of halogens is 2. The molecule has 0 N–H and O–H groups in total. The van der Waals surface area contributed by atoms with Crippen molar-refractivity contribution in [3.63, 3.8) is 0 Å². The van der Waals surface area contributed by atoms with Gasteiger partial charge in [-0.15, -0.1) is 0 Å². The van der Waals surface area contributed by atoms with Crippen molar-refractivity contribution in [3.05, 3.63) is 67.0 Å². The Bertz CT molecular complexity index is 694. The molecule has 108 valence electrons. The minimum Gasteiger partial charge on any atom is -0.304 e. The molecule has 0 aliphatic rings. The van der Waals surface area contributed by atoms with Gasteiger partial charge in [-0.25, -0.2) is 13.5 Å². The minimum absolute atomic E-state index is 0.157. The number of benzene rings is 1. The smallest absolute Gasteiger partial charge is 0.250 e. The third-order valence-corrected chi connectivity index (χ3v) is 2.84. The SMILES string of the molecule is C=CC(=O)N(Cc1cnn(C=C)c1)c1ccc(F)c(F)c1. The topological polar surface area (TPSA) is 38.1 Å². The van der Waals surface area contributed by atoms with E-state index in [4.69, 9.17) is 0 Å². The quantitative estimate of drug-likeness (QED) is 0.794. The summed E-state index contributed by atoms with van der Waals surface area (Å²) in [6.45, 7) is 7.14. The predicted molar refractivity (Wildman–Crippen MR) is 76.4 cm³/mol. The number of aromatic nitrogens is 2. The molecule has 1 heterocycles. The van der Waals surface area contributed by atoms with Crippen LogP contribution in [0.3, 0.4) is 0 Å². The molecule has 4 nitrogen and oxygen atoms in total. The minimum atomic E-state index is -1.02. The van der Waals surface area contributed by atoms with E-state index in [2.05, 4.69) is 18.3 Å². The number of carbonyl (C=O) groups is 1. The van der Waals surface area contributed by atoms with Crippen LogP contribution in [-0.2, 0) is 11.3 Å². The maximum atomic E-state index is 13.3. The van der Waals surface area contributed by atoms with Gasteiger partial charge in [0.2, 0.25) is 0 Å². The van der Waals surface area contributed by atoms with Crippen LogP contribution in [0, 0.1) is 11.6 Å². The van der Waals surface area contributed by atoms with E-state index >= 15 is 0 Å². The maximum absolute atomic E-state index is 13.3. The molecule has 0 bridgehead atoms. The lowest BCUT2D eigenvalue weighted by Crippen LogP contribution is -2.28. The molecule has 0 fully saturated rings. The zero-order chi connectivity index (χ0) is 15.4. The fraction of sp³-hybridized carbons (Fsp3) is 0.0667. The molecule has 0 radical (unpaired) electrons. The fourth-order valence-corrected chi connectivity index (χ4v) is 1.80. The van der Waals surface area contributed by atoms with Gasteiger partial charge in [0.05, 0.1) is 12.7 Å². The molecule has 2 aromatic rings. The van der Waals surface area contributed by atoms with Crippen LogP contribution in [0.25, 0.3) is 6.20 Å². The normalized spacial score (nSPS) is 10.2. The van der Waals surface area contributed by atoms with Gasteiger partial charge in [0.1, 0.15) is 0 Å². The van der Waals surface area contributed by atoms with Crippen molar-refractivity contribution in [3.8, 4) is 0 Å². The zero-order valence-electron chi connectivity index (χ0n) is 11.2. The van der Waals surface area contributed by atoms with Gasteiger partial charge in [0, 0.05) is 29.7 Å². The van der Waals surface area contributed by atoms with E-state index in [-0.39, 0.29) is 12.2 Å². The Kier molecular flexibility index (Phi) is 4.27. The summed E-state index contributed by atoms with van der Waals surface area (Å²) in [6, 6.07) is 3.27. The summed E-state index contributed by atoms with van der Waals surface area (Å²) >= 11 is 0. The molecule has 6 heteroatoms. The Morgan fingerprint density at radius 2 is 2.10 bits per heavy atom. The van der Waals surface area contributed by atoms with Gasteiger partial charge in [0.15, 0.2) is 11.6 Å². The van der Waals surface area contributed by atoms with Crippen LogP contribution < -0.4 is 4.90 Å². The monoisotopic (exact) mass is 289 g/mol. The Hall–Kier alpha value is -2.76. The van der Waals surface area contributed by atoms with Gasteiger partial charge >= 0.3 is 0 Å². The molecule has 21 heavy (non-hydrogen) atoms. The maximum Gasteiger partial charge on any atom is 0.250 e. The molecule has 1 aromatic carbocycles. The first-order valence-electron chi connectivity index (χ1n) is 6.09. The van der Waals surface area contributed by atoms with E-state index in [0.717, 1.165) is 23.8 Å². The number of anilines is 1. The van der Waals surface area contributed by atoms with E-state index in [1.165, 1.54) is 21.8 Å². The molecule has 0 aliphatic heterocycles. The third kappa shape index (κ3) is 3.22. The van der Waals surface area contributed by atoms with E-state index in [1.807, 2.05) is 0 Å². The first-order chi connectivity index (χ1) is 10.0. The lowest BCUT2D eigenvalue weighted by Gasteiger charge is -2.20. The summed E-state index contributed by atoms with van der Waals surface area (Å²) in [7, 11) is 0. The van der Waals surface area contributed by atoms with Crippen LogP contribution in [0.15, 0.2) is 49.8 Å². The summed E-state index contributed by atoms with van der Waals surface area (Å²) in [5, 5.41) is 4.00. The van der Waals surface area contributed by atoms with Crippen LogP contribution in [0.1, 0.15) is 5.56 Å². The summed E-state index contributed by atoms with van der Waals surface area (Å²) < 4.78 is 27.8. The zero-order valence-corrected chi connectivity index (χ0v) is 11.2. The fourth-order valence-electron chi connectivity index (χ4n) is 1.80. The van der Waals surface area contributed by atoms with Gasteiger partial charge in [-0.2, -0.15) is 5.10 Å². The van der Waals surface area contributed by atoms with Gasteiger partial charge in [0.25, 0.3) is 5.91 Å². The van der Waals surface area contributed by atoms with Gasteiger partial charge < -0.3 is 4.90 Å². The third-order valence-electron chi connectivity index (χ3n) is 2.84. The van der Waals surface area contributed by atoms with Crippen molar-refractivity contribution in [2.45, 2.75) is 6.54 Å². The second kappa shape index (κ2) is 6.13. The van der Waals surface area contributed by atoms with Gasteiger partial charge in [-0.05, 0) is 18.2 Å². The number of carbonyl (C=O) groups excluding carboxylic acids is 1. The molecular formula is C15H13F2N3O. The highest BCUT2D eigenvalue weighted by Crippen LogP contribution is 2.20. The number of hydrogen-bond acceptors (Lipinski definition) is 2. The highest BCUT2D eigenvalue weighted by Gasteiger charge is 2.16. The van der Waals surface area contributed by atoms with Crippen molar-refractivity contribution in [2.24, 2.45) is 0 Å². The average molecular weight is 289 g/mol. The molecule has 0 saturated heterocycles. The van der Waals surface area contributed by atoms with E-state index in [0.29, 0.717) is 0 Å². The molecular weight excluding hydrogens is 276 g/mol. The number of hydrogen-bond donors (Lipinski definition) is 0. The molecule has 0 aliphatic carbocycles. The lowest BCUT2D eigenvalue weighted by molar-refractivity contribution is -0.114. The lowest BCUT2D eigenvalue weighted by atomic mass is 10.2. The molecule has 0 spiro atoms. The van der Waals surface area contributed by atoms with Crippen LogP contribution in [0.2, 0.25) is 0 Å². The average Bonchev–Trinajstić information content (AvgIpc) is 2.95. The molecule has 0 atom stereocenters. The van der Waals surface area contributed by atoms with E-state index < -0.39 is 17.5 Å². The summed E-state index contributed by atoms with van der Waals surface area (Å²) in [4.78, 5) is 13.2. The largest absolute Gasteiger partial charge is 0.304 e. The Morgan fingerprint density at radius 1 is 1.33 bits per heavy atom. The van der Waals surface area contributed by atoms with Crippen LogP contribution in [-0.4, -0.2) is 15.7 Å². The number of nitrogens with zero attached hydrogens (tertiary/aromatic N) is 3. The van der Waals surface area contributed by atoms with Crippen molar-refractivity contribution in [1.82, 2.24) is 9.78 Å². The summed E-state index contributed by atoms with van der Waals surface area (Å²) in [5.41, 5.74) is 0.958. The van der Waals surface area contributed by atoms with Crippen LogP contribution in [0.5, 0.6) is 0 Å². The number of rotatable bonds is 5. The van der Waals surface area contributed by atoms with Crippen molar-refractivity contribution < 1.29 is 13.6 Å². The molecule has 0 saturated carbocycles. The van der Waals surface area contributed by atoms with Gasteiger partial charge in [-0.3, -0.25) is 4.79 Å². The second-order valence-corrected chi connectivity index (χ2v) is 4.24. The molecule has 2 rings (SSSR count). The van der Waals surface area contributed by atoms with E-state index in [1.54, 1.807) is 12.4 Å².